The van der Waals surface area contributed by atoms with Crippen LogP contribution in [0, 0.1) is 32.1 Å². The number of esters is 1. The summed E-state index contributed by atoms with van der Waals surface area (Å²) in [4.78, 5) is 39.4. The number of hydrogen-bond acceptors (Lipinski definition) is 6. The van der Waals surface area contributed by atoms with Gasteiger partial charge in [0, 0.05) is 41.5 Å². The second-order valence-corrected chi connectivity index (χ2v) is 9.26. The summed E-state index contributed by atoms with van der Waals surface area (Å²) in [5.41, 5.74) is 1.63. The van der Waals surface area contributed by atoms with Gasteiger partial charge < -0.3 is 14.2 Å². The highest BCUT2D eigenvalue weighted by Gasteiger charge is 2.33. The van der Waals surface area contributed by atoms with Crippen LogP contribution in [0.25, 0.3) is 5.82 Å². The second kappa shape index (κ2) is 8.69. The van der Waals surface area contributed by atoms with Crippen LogP contribution in [-0.4, -0.2) is 52.0 Å². The first kappa shape index (κ1) is 22.8. The van der Waals surface area contributed by atoms with Crippen molar-refractivity contribution in [2.45, 2.75) is 54.4 Å². The Morgan fingerprint density at radius 2 is 1.77 bits per heavy atom. The standard InChI is InChI=1S/C23H31N3O5/c1-14-11-18(16(3)26(14)20-12-15(2)31-24-20)19(27)13-30-21(28)17-7-9-25(10-8-17)22(29)23(4,5)6/h11-12,17H,7-10,13H2,1-6H3. The van der Waals surface area contributed by atoms with Gasteiger partial charge in [0.05, 0.1) is 5.92 Å². The quantitative estimate of drug-likeness (QED) is 0.534. The minimum atomic E-state index is -0.434. The van der Waals surface area contributed by atoms with E-state index in [4.69, 9.17) is 9.26 Å². The van der Waals surface area contributed by atoms with E-state index in [1.807, 2.05) is 39.2 Å². The van der Waals surface area contributed by atoms with Gasteiger partial charge in [-0.05, 0) is 39.7 Å². The topological polar surface area (TPSA) is 94.6 Å². The summed E-state index contributed by atoms with van der Waals surface area (Å²) in [5.74, 6) is 0.458. The number of aromatic nitrogens is 2. The van der Waals surface area contributed by atoms with E-state index < -0.39 is 5.41 Å². The zero-order valence-electron chi connectivity index (χ0n) is 19.2. The minimum Gasteiger partial charge on any atom is -0.457 e. The van der Waals surface area contributed by atoms with Gasteiger partial charge in [-0.2, -0.15) is 0 Å². The number of hydrogen-bond donors (Lipinski definition) is 0. The summed E-state index contributed by atoms with van der Waals surface area (Å²) in [6.07, 6.45) is 1.10. The first-order valence-corrected chi connectivity index (χ1v) is 10.6. The first-order valence-electron chi connectivity index (χ1n) is 10.6. The molecular formula is C23H31N3O5. The van der Waals surface area contributed by atoms with Crippen LogP contribution in [0.4, 0.5) is 0 Å². The van der Waals surface area contributed by atoms with Gasteiger partial charge in [0.1, 0.15) is 5.76 Å². The van der Waals surface area contributed by atoms with E-state index >= 15 is 0 Å². The third-order valence-corrected chi connectivity index (χ3v) is 5.68. The predicted octanol–water partition coefficient (Wildman–Crippen LogP) is 3.40. The summed E-state index contributed by atoms with van der Waals surface area (Å²) in [7, 11) is 0. The van der Waals surface area contributed by atoms with Crippen LogP contribution in [-0.2, 0) is 14.3 Å². The summed E-state index contributed by atoms with van der Waals surface area (Å²) < 4.78 is 12.3. The third kappa shape index (κ3) is 4.89. The molecule has 0 radical (unpaired) electrons. The summed E-state index contributed by atoms with van der Waals surface area (Å²) in [6, 6.07) is 3.57. The summed E-state index contributed by atoms with van der Waals surface area (Å²) >= 11 is 0. The molecule has 0 spiro atoms. The Bertz CT molecular complexity index is 988. The van der Waals surface area contributed by atoms with Crippen LogP contribution >= 0.6 is 0 Å². The molecule has 0 saturated carbocycles. The van der Waals surface area contributed by atoms with Crippen LogP contribution in [0.5, 0.6) is 0 Å². The maximum Gasteiger partial charge on any atom is 0.309 e. The van der Waals surface area contributed by atoms with Gasteiger partial charge in [0.15, 0.2) is 12.4 Å². The van der Waals surface area contributed by atoms with Crippen LogP contribution in [0.2, 0.25) is 0 Å². The van der Waals surface area contributed by atoms with E-state index in [-0.39, 0.29) is 30.2 Å². The van der Waals surface area contributed by atoms with Crippen molar-refractivity contribution in [2.75, 3.05) is 19.7 Å². The Labute approximate surface area is 182 Å². The average molecular weight is 430 g/mol. The lowest BCUT2D eigenvalue weighted by Gasteiger charge is -2.34. The van der Waals surface area contributed by atoms with Crippen molar-refractivity contribution < 1.29 is 23.6 Å². The monoisotopic (exact) mass is 429 g/mol. The SMILES string of the molecule is Cc1cc(-n2c(C)cc(C(=O)COC(=O)C3CCN(C(=O)C(C)(C)C)CC3)c2C)no1. The fourth-order valence-corrected chi connectivity index (χ4v) is 3.98. The molecule has 0 atom stereocenters. The highest BCUT2D eigenvalue weighted by molar-refractivity contribution is 5.99. The van der Waals surface area contributed by atoms with Crippen LogP contribution in [0.15, 0.2) is 16.7 Å². The molecule has 2 aromatic rings. The molecule has 1 fully saturated rings. The molecule has 1 aliphatic rings. The second-order valence-electron chi connectivity index (χ2n) is 9.26. The lowest BCUT2D eigenvalue weighted by atomic mass is 9.91. The van der Waals surface area contributed by atoms with Gasteiger partial charge >= 0.3 is 5.97 Å². The molecule has 0 aromatic carbocycles. The molecule has 0 unspecified atom stereocenters. The van der Waals surface area contributed by atoms with Crippen molar-refractivity contribution in [3.8, 4) is 5.82 Å². The Hall–Kier alpha value is -2.90. The number of Topliss-reactive ketones (excluding diaryl/α,β-unsaturated/α-hetero) is 1. The van der Waals surface area contributed by atoms with Gasteiger partial charge in [-0.1, -0.05) is 25.9 Å². The van der Waals surface area contributed by atoms with E-state index in [9.17, 15) is 14.4 Å². The van der Waals surface area contributed by atoms with E-state index in [2.05, 4.69) is 5.16 Å². The van der Waals surface area contributed by atoms with Gasteiger partial charge in [0.25, 0.3) is 0 Å². The molecule has 0 aliphatic carbocycles. The number of likely N-dealkylation sites (tertiary alicyclic amines) is 1. The summed E-state index contributed by atoms with van der Waals surface area (Å²) in [6.45, 7) is 11.9. The number of aryl methyl sites for hydroxylation is 2. The fourth-order valence-electron chi connectivity index (χ4n) is 3.98. The molecule has 3 rings (SSSR count). The maximum atomic E-state index is 12.7. The predicted molar refractivity (Wildman–Crippen MR) is 114 cm³/mol. The zero-order chi connectivity index (χ0) is 22.9. The van der Waals surface area contributed by atoms with Crippen molar-refractivity contribution in [1.82, 2.24) is 14.6 Å². The molecule has 2 aromatic heterocycles. The lowest BCUT2D eigenvalue weighted by molar-refractivity contribution is -0.152. The van der Waals surface area contributed by atoms with Crippen molar-refractivity contribution in [3.63, 3.8) is 0 Å². The third-order valence-electron chi connectivity index (χ3n) is 5.68. The molecule has 1 aliphatic heterocycles. The molecule has 1 amide bonds. The number of nitrogens with zero attached hydrogens (tertiary/aromatic N) is 3. The number of amides is 1. The van der Waals surface area contributed by atoms with Gasteiger partial charge in [0.2, 0.25) is 11.7 Å². The number of piperidine rings is 1. The van der Waals surface area contributed by atoms with Gasteiger partial charge in [-0.3, -0.25) is 19.0 Å². The molecular weight excluding hydrogens is 398 g/mol. The summed E-state index contributed by atoms with van der Waals surface area (Å²) in [5, 5.41) is 4.01. The Kier molecular flexibility index (Phi) is 6.38. The molecule has 0 N–H and O–H groups in total. The fraction of sp³-hybridized carbons (Fsp3) is 0.565. The van der Waals surface area contributed by atoms with Gasteiger partial charge in [-0.25, -0.2) is 0 Å². The number of ether oxygens (including phenoxy) is 1. The van der Waals surface area contributed by atoms with E-state index in [1.165, 1.54) is 0 Å². The molecule has 8 nitrogen and oxygen atoms in total. The molecule has 0 bridgehead atoms. The van der Waals surface area contributed by atoms with Crippen molar-refractivity contribution in [2.24, 2.45) is 11.3 Å². The number of rotatable bonds is 5. The number of carbonyl (C=O) groups excluding carboxylic acids is 3. The highest BCUT2D eigenvalue weighted by atomic mass is 16.5. The van der Waals surface area contributed by atoms with Crippen molar-refractivity contribution >= 4 is 17.7 Å². The largest absolute Gasteiger partial charge is 0.457 e. The smallest absolute Gasteiger partial charge is 0.309 e. The van der Waals surface area contributed by atoms with Crippen molar-refractivity contribution in [3.05, 3.63) is 34.8 Å². The maximum absolute atomic E-state index is 12.7. The minimum absolute atomic E-state index is 0.0900. The first-order chi connectivity index (χ1) is 14.5. The zero-order valence-corrected chi connectivity index (χ0v) is 19.2. The lowest BCUT2D eigenvalue weighted by Crippen LogP contribution is -2.45. The highest BCUT2D eigenvalue weighted by Crippen LogP contribution is 2.25. The van der Waals surface area contributed by atoms with Crippen LogP contribution in [0.3, 0.4) is 0 Å². The molecule has 31 heavy (non-hydrogen) atoms. The van der Waals surface area contributed by atoms with E-state index in [1.54, 1.807) is 24.0 Å². The molecule has 3 heterocycles. The average Bonchev–Trinajstić information content (AvgIpc) is 3.26. The molecule has 1 saturated heterocycles. The van der Waals surface area contributed by atoms with E-state index in [0.717, 1.165) is 11.4 Å². The van der Waals surface area contributed by atoms with Crippen molar-refractivity contribution in [1.29, 1.82) is 0 Å². The van der Waals surface area contributed by atoms with Gasteiger partial charge in [-0.15, -0.1) is 0 Å². The van der Waals surface area contributed by atoms with E-state index in [0.29, 0.717) is 43.1 Å². The number of ketones is 1. The van der Waals surface area contributed by atoms with Crippen LogP contribution in [0.1, 0.15) is 61.1 Å². The Morgan fingerprint density at radius 1 is 1.13 bits per heavy atom. The number of carbonyl (C=O) groups is 3. The Balaban J connectivity index is 1.57. The Morgan fingerprint density at radius 3 is 2.32 bits per heavy atom. The molecule has 168 valence electrons. The van der Waals surface area contributed by atoms with Crippen LogP contribution < -0.4 is 0 Å². The normalized spacial score (nSPS) is 15.2. The molecule has 8 heteroatoms.